The standard InChI is InChI=1S/C10H14Br2N2O2/c1-14(2)9(15)3-4-13-6-7-5-8(11)10(12)16-7/h5,13H,3-4,6H2,1-2H3. The lowest BCUT2D eigenvalue weighted by Crippen LogP contribution is -2.26. The van der Waals surface area contributed by atoms with Crippen LogP contribution in [0.4, 0.5) is 0 Å². The Kier molecular flexibility index (Phi) is 5.51. The minimum atomic E-state index is 0.120. The van der Waals surface area contributed by atoms with Crippen molar-refractivity contribution in [3.63, 3.8) is 0 Å². The smallest absolute Gasteiger partial charge is 0.223 e. The van der Waals surface area contributed by atoms with Gasteiger partial charge in [0.1, 0.15) is 5.76 Å². The number of amides is 1. The van der Waals surface area contributed by atoms with Gasteiger partial charge in [0.2, 0.25) is 5.91 Å². The number of halogens is 2. The second-order valence-electron chi connectivity index (χ2n) is 3.55. The summed E-state index contributed by atoms with van der Waals surface area (Å²) in [4.78, 5) is 12.8. The van der Waals surface area contributed by atoms with Gasteiger partial charge in [-0.05, 0) is 37.9 Å². The Morgan fingerprint density at radius 1 is 1.50 bits per heavy atom. The van der Waals surface area contributed by atoms with Crippen molar-refractivity contribution in [2.75, 3.05) is 20.6 Å². The third-order valence-corrected chi connectivity index (χ3v) is 3.72. The summed E-state index contributed by atoms with van der Waals surface area (Å²) in [6, 6.07) is 1.89. The van der Waals surface area contributed by atoms with Gasteiger partial charge < -0.3 is 14.6 Å². The van der Waals surface area contributed by atoms with Crippen LogP contribution in [0.1, 0.15) is 12.2 Å². The summed E-state index contributed by atoms with van der Waals surface area (Å²) in [6.45, 7) is 1.26. The van der Waals surface area contributed by atoms with E-state index in [0.717, 1.165) is 10.2 Å². The van der Waals surface area contributed by atoms with Crippen LogP contribution in [-0.4, -0.2) is 31.4 Å². The molecular weight excluding hydrogens is 340 g/mol. The lowest BCUT2D eigenvalue weighted by atomic mass is 10.3. The number of rotatable bonds is 5. The van der Waals surface area contributed by atoms with E-state index < -0.39 is 0 Å². The number of hydrogen-bond donors (Lipinski definition) is 1. The van der Waals surface area contributed by atoms with Crippen LogP contribution in [0.2, 0.25) is 0 Å². The molecule has 0 aliphatic carbocycles. The summed E-state index contributed by atoms with van der Waals surface area (Å²) >= 11 is 6.60. The zero-order valence-electron chi connectivity index (χ0n) is 9.22. The van der Waals surface area contributed by atoms with Gasteiger partial charge >= 0.3 is 0 Å². The fourth-order valence-corrected chi connectivity index (χ4v) is 1.77. The zero-order chi connectivity index (χ0) is 12.1. The molecule has 0 unspecified atom stereocenters. The first-order valence-electron chi connectivity index (χ1n) is 4.85. The second-order valence-corrected chi connectivity index (χ2v) is 5.12. The number of carbonyl (C=O) groups is 1. The molecule has 0 bridgehead atoms. The van der Waals surface area contributed by atoms with Crippen molar-refractivity contribution < 1.29 is 9.21 Å². The molecule has 16 heavy (non-hydrogen) atoms. The fraction of sp³-hybridized carbons (Fsp3) is 0.500. The number of furan rings is 1. The minimum absolute atomic E-state index is 0.120. The maximum absolute atomic E-state index is 11.3. The summed E-state index contributed by atoms with van der Waals surface area (Å²) in [7, 11) is 3.51. The lowest BCUT2D eigenvalue weighted by molar-refractivity contribution is -0.128. The normalized spacial score (nSPS) is 10.5. The number of nitrogens with zero attached hydrogens (tertiary/aromatic N) is 1. The molecule has 1 rings (SSSR count). The highest BCUT2D eigenvalue weighted by Crippen LogP contribution is 2.26. The van der Waals surface area contributed by atoms with Crippen LogP contribution in [0, 0.1) is 0 Å². The van der Waals surface area contributed by atoms with Crippen LogP contribution in [-0.2, 0) is 11.3 Å². The summed E-state index contributed by atoms with van der Waals surface area (Å²) in [6.07, 6.45) is 0.496. The van der Waals surface area contributed by atoms with Crippen LogP contribution >= 0.6 is 31.9 Å². The van der Waals surface area contributed by atoms with E-state index in [-0.39, 0.29) is 5.91 Å². The van der Waals surface area contributed by atoms with Gasteiger partial charge in [-0.1, -0.05) is 0 Å². The van der Waals surface area contributed by atoms with Gasteiger partial charge in [-0.3, -0.25) is 4.79 Å². The summed E-state index contributed by atoms with van der Waals surface area (Å²) < 4.78 is 6.97. The molecule has 90 valence electrons. The van der Waals surface area contributed by atoms with E-state index in [1.807, 2.05) is 6.07 Å². The lowest BCUT2D eigenvalue weighted by Gasteiger charge is -2.09. The predicted octanol–water partition coefficient (Wildman–Crippen LogP) is 2.37. The van der Waals surface area contributed by atoms with E-state index in [1.54, 1.807) is 19.0 Å². The largest absolute Gasteiger partial charge is 0.452 e. The monoisotopic (exact) mass is 352 g/mol. The average Bonchev–Trinajstić information content (AvgIpc) is 2.53. The third-order valence-electron chi connectivity index (χ3n) is 2.01. The quantitative estimate of drug-likeness (QED) is 0.826. The molecule has 1 amide bonds. The van der Waals surface area contributed by atoms with Crippen LogP contribution in [0.15, 0.2) is 19.6 Å². The highest BCUT2D eigenvalue weighted by Gasteiger charge is 2.06. The van der Waals surface area contributed by atoms with Crippen LogP contribution in [0.3, 0.4) is 0 Å². The Morgan fingerprint density at radius 2 is 2.19 bits per heavy atom. The van der Waals surface area contributed by atoms with Crippen molar-refractivity contribution in [2.45, 2.75) is 13.0 Å². The topological polar surface area (TPSA) is 45.5 Å². The van der Waals surface area contributed by atoms with E-state index in [2.05, 4.69) is 37.2 Å². The number of nitrogens with one attached hydrogen (secondary N) is 1. The molecule has 0 fully saturated rings. The van der Waals surface area contributed by atoms with Crippen molar-refractivity contribution in [3.05, 3.63) is 21.0 Å². The highest BCUT2D eigenvalue weighted by atomic mass is 79.9. The SMILES string of the molecule is CN(C)C(=O)CCNCc1cc(Br)c(Br)o1. The van der Waals surface area contributed by atoms with Crippen LogP contribution in [0.25, 0.3) is 0 Å². The molecule has 1 heterocycles. The second kappa shape index (κ2) is 6.42. The molecule has 0 saturated heterocycles. The number of carbonyl (C=O) groups excluding carboxylic acids is 1. The first-order chi connectivity index (χ1) is 7.50. The highest BCUT2D eigenvalue weighted by molar-refractivity contribution is 9.13. The molecule has 0 aliphatic rings. The molecule has 0 radical (unpaired) electrons. The van der Waals surface area contributed by atoms with Crippen molar-refractivity contribution in [2.24, 2.45) is 0 Å². The summed E-state index contributed by atoms with van der Waals surface area (Å²) in [5.74, 6) is 0.949. The van der Waals surface area contributed by atoms with Gasteiger partial charge in [0.25, 0.3) is 0 Å². The van der Waals surface area contributed by atoms with E-state index in [9.17, 15) is 4.79 Å². The van der Waals surface area contributed by atoms with Gasteiger partial charge in [-0.15, -0.1) is 0 Å². The predicted molar refractivity (Wildman–Crippen MR) is 69.1 cm³/mol. The minimum Gasteiger partial charge on any atom is -0.452 e. The average molecular weight is 354 g/mol. The fourth-order valence-electron chi connectivity index (χ4n) is 1.11. The van der Waals surface area contributed by atoms with Crippen molar-refractivity contribution in [1.29, 1.82) is 0 Å². The van der Waals surface area contributed by atoms with Crippen LogP contribution in [0.5, 0.6) is 0 Å². The molecule has 1 N–H and O–H groups in total. The molecule has 0 spiro atoms. The molecule has 0 aromatic carbocycles. The Hall–Kier alpha value is -0.330. The van der Waals surface area contributed by atoms with Crippen molar-refractivity contribution >= 4 is 37.8 Å². The zero-order valence-corrected chi connectivity index (χ0v) is 12.4. The van der Waals surface area contributed by atoms with E-state index >= 15 is 0 Å². The van der Waals surface area contributed by atoms with Gasteiger partial charge in [0, 0.05) is 27.1 Å². The molecule has 0 saturated carbocycles. The van der Waals surface area contributed by atoms with Gasteiger partial charge in [0.05, 0.1) is 11.0 Å². The maximum atomic E-state index is 11.3. The Morgan fingerprint density at radius 3 is 2.69 bits per heavy atom. The van der Waals surface area contributed by atoms with E-state index in [0.29, 0.717) is 24.2 Å². The molecule has 6 heteroatoms. The van der Waals surface area contributed by atoms with Crippen molar-refractivity contribution in [3.8, 4) is 0 Å². The van der Waals surface area contributed by atoms with Gasteiger partial charge in [-0.25, -0.2) is 0 Å². The Balaban J connectivity index is 2.23. The molecule has 1 aromatic rings. The molecular formula is C10H14Br2N2O2. The Labute approximate surface area is 112 Å². The Bertz CT molecular complexity index is 344. The molecule has 0 aliphatic heterocycles. The first-order valence-corrected chi connectivity index (χ1v) is 6.44. The van der Waals surface area contributed by atoms with Gasteiger partial charge in [-0.2, -0.15) is 0 Å². The molecule has 0 atom stereocenters. The van der Waals surface area contributed by atoms with Crippen LogP contribution < -0.4 is 5.32 Å². The number of hydrogen-bond acceptors (Lipinski definition) is 3. The molecule has 4 nitrogen and oxygen atoms in total. The summed E-state index contributed by atoms with van der Waals surface area (Å²) in [5.41, 5.74) is 0. The summed E-state index contributed by atoms with van der Waals surface area (Å²) in [5, 5.41) is 3.15. The molecule has 1 aromatic heterocycles. The van der Waals surface area contributed by atoms with E-state index in [4.69, 9.17) is 4.42 Å². The van der Waals surface area contributed by atoms with Gasteiger partial charge in [0.15, 0.2) is 4.67 Å². The van der Waals surface area contributed by atoms with E-state index in [1.165, 1.54) is 0 Å². The third kappa shape index (κ3) is 4.27. The van der Waals surface area contributed by atoms with Crippen molar-refractivity contribution in [1.82, 2.24) is 10.2 Å². The first kappa shape index (κ1) is 13.7. The maximum Gasteiger partial charge on any atom is 0.223 e.